The maximum absolute atomic E-state index is 5.08. The first-order valence-corrected chi connectivity index (χ1v) is 12.6. The SMILES string of the molecule is CC(/C=C(/C)[N-]c1c(C(C)C)cccc1C(C)C)=Nc1c(C(C)C)cccc1C(C)C.C[N-]C.[Zn+2]. The van der Waals surface area contributed by atoms with Gasteiger partial charge in [-0.1, -0.05) is 116 Å². The van der Waals surface area contributed by atoms with Crippen molar-refractivity contribution in [1.82, 2.24) is 0 Å². The van der Waals surface area contributed by atoms with Crippen molar-refractivity contribution < 1.29 is 19.5 Å². The summed E-state index contributed by atoms with van der Waals surface area (Å²) in [5.74, 6) is 1.75. The van der Waals surface area contributed by atoms with Gasteiger partial charge in [-0.3, -0.25) is 4.99 Å². The van der Waals surface area contributed by atoms with Crippen LogP contribution in [-0.2, 0) is 19.5 Å². The Morgan fingerprint density at radius 3 is 1.37 bits per heavy atom. The number of hydrogen-bond acceptors (Lipinski definition) is 1. The summed E-state index contributed by atoms with van der Waals surface area (Å²) in [7, 11) is 3.50. The predicted octanol–water partition coefficient (Wildman–Crippen LogP) is 10.5. The Hall–Kier alpha value is -1.77. The van der Waals surface area contributed by atoms with E-state index in [4.69, 9.17) is 10.3 Å². The zero-order valence-corrected chi connectivity index (χ0v) is 27.4. The van der Waals surface area contributed by atoms with Gasteiger partial charge < -0.3 is 10.6 Å². The molecule has 188 valence electrons. The monoisotopic (exact) mass is 525 g/mol. The molecule has 2 aromatic rings. The second-order valence-electron chi connectivity index (χ2n) is 10.3. The standard InChI is InChI=1S/C29H41N2.C2H6N.Zn/c1-18(2)24-13-11-14-25(19(3)4)28(24)30-22(9)17-23(10)31-29-26(20(5)6)15-12-16-27(29)21(7)8;1-3-2;/h11-21H,1-10H3;1-2H3;/q2*-1;+2/b22-17-,31-23?;;. The van der Waals surface area contributed by atoms with Gasteiger partial charge in [-0.2, -0.15) is 19.8 Å². The third-order valence-electron chi connectivity index (χ3n) is 5.68. The molecule has 2 rings (SSSR count). The van der Waals surface area contributed by atoms with Crippen molar-refractivity contribution in [3.8, 4) is 0 Å². The summed E-state index contributed by atoms with van der Waals surface area (Å²) in [6, 6.07) is 13.1. The summed E-state index contributed by atoms with van der Waals surface area (Å²) in [6.45, 7) is 22.1. The molecule has 0 aliphatic carbocycles. The third-order valence-corrected chi connectivity index (χ3v) is 5.68. The smallest absolute Gasteiger partial charge is 0.668 e. The molecule has 3 nitrogen and oxygen atoms in total. The van der Waals surface area contributed by atoms with Crippen molar-refractivity contribution in [1.29, 1.82) is 0 Å². The van der Waals surface area contributed by atoms with Gasteiger partial charge in [-0.25, -0.2) is 0 Å². The molecule has 0 aliphatic rings. The van der Waals surface area contributed by atoms with Gasteiger partial charge in [0.15, 0.2) is 0 Å². The summed E-state index contributed by atoms with van der Waals surface area (Å²) in [5, 5.41) is 8.58. The second kappa shape index (κ2) is 16.1. The molecule has 0 spiro atoms. The van der Waals surface area contributed by atoms with Crippen molar-refractivity contribution >= 4 is 17.1 Å². The molecule has 0 unspecified atom stereocenters. The molecule has 0 saturated heterocycles. The Bertz CT molecular complexity index is 917. The molecule has 0 saturated carbocycles. The van der Waals surface area contributed by atoms with Gasteiger partial charge in [0.25, 0.3) is 0 Å². The van der Waals surface area contributed by atoms with Crippen LogP contribution in [0.2, 0.25) is 0 Å². The van der Waals surface area contributed by atoms with Crippen LogP contribution in [0.3, 0.4) is 0 Å². The minimum absolute atomic E-state index is 0. The van der Waals surface area contributed by atoms with Crippen LogP contribution in [0, 0.1) is 0 Å². The predicted molar refractivity (Wildman–Crippen MR) is 154 cm³/mol. The van der Waals surface area contributed by atoms with Gasteiger partial charge >= 0.3 is 19.5 Å². The van der Waals surface area contributed by atoms with E-state index in [9.17, 15) is 0 Å². The largest absolute Gasteiger partial charge is 2.00 e. The number of para-hydroxylation sites is 2. The van der Waals surface area contributed by atoms with Crippen LogP contribution in [0.4, 0.5) is 11.4 Å². The van der Waals surface area contributed by atoms with Gasteiger partial charge in [0.05, 0.1) is 5.69 Å². The number of hydrogen-bond donors (Lipinski definition) is 0. The fourth-order valence-corrected chi connectivity index (χ4v) is 4.00. The Kier molecular flexibility index (Phi) is 15.3. The molecule has 0 N–H and O–H groups in total. The molecule has 0 amide bonds. The number of aliphatic imine (C=N–C) groups is 1. The number of nitrogens with zero attached hydrogens (tertiary/aromatic N) is 3. The second-order valence-corrected chi connectivity index (χ2v) is 10.3. The fourth-order valence-electron chi connectivity index (χ4n) is 4.00. The molecule has 0 radical (unpaired) electrons. The molecule has 0 aromatic heterocycles. The molecule has 2 aromatic carbocycles. The van der Waals surface area contributed by atoms with Crippen LogP contribution in [0.25, 0.3) is 10.6 Å². The molecule has 0 aliphatic heterocycles. The van der Waals surface area contributed by atoms with Crippen LogP contribution in [0.15, 0.2) is 53.2 Å². The summed E-state index contributed by atoms with van der Waals surface area (Å²) >= 11 is 0. The van der Waals surface area contributed by atoms with Crippen LogP contribution in [-0.4, -0.2) is 19.8 Å². The van der Waals surface area contributed by atoms with E-state index in [2.05, 4.69) is 117 Å². The topological polar surface area (TPSA) is 40.6 Å². The average molecular weight is 527 g/mol. The van der Waals surface area contributed by atoms with E-state index in [1.807, 2.05) is 0 Å². The fraction of sp³-hybridized carbons (Fsp3) is 0.516. The normalized spacial score (nSPS) is 12.1. The summed E-state index contributed by atoms with van der Waals surface area (Å²) in [5.41, 5.74) is 9.45. The third kappa shape index (κ3) is 10.0. The molecular formula is C31H47N3Zn. The van der Waals surface area contributed by atoms with E-state index in [-0.39, 0.29) is 19.5 Å². The molecule has 0 fully saturated rings. The van der Waals surface area contributed by atoms with Gasteiger partial charge in [-0.05, 0) is 41.7 Å². The van der Waals surface area contributed by atoms with Crippen molar-refractivity contribution in [3.05, 3.63) is 81.1 Å². The van der Waals surface area contributed by atoms with Crippen molar-refractivity contribution in [2.45, 2.75) is 92.9 Å². The van der Waals surface area contributed by atoms with E-state index < -0.39 is 0 Å². The zero-order valence-electron chi connectivity index (χ0n) is 24.4. The van der Waals surface area contributed by atoms with Crippen molar-refractivity contribution in [3.63, 3.8) is 0 Å². The minimum Gasteiger partial charge on any atom is -0.668 e. The van der Waals surface area contributed by atoms with E-state index in [0.29, 0.717) is 23.7 Å². The molecule has 0 atom stereocenters. The quantitative estimate of drug-likeness (QED) is 0.242. The first-order valence-electron chi connectivity index (χ1n) is 12.6. The van der Waals surface area contributed by atoms with Gasteiger partial charge in [0.1, 0.15) is 0 Å². The maximum Gasteiger partial charge on any atom is 2.00 e. The summed E-state index contributed by atoms with van der Waals surface area (Å²) in [4.78, 5) is 5.08. The van der Waals surface area contributed by atoms with Crippen LogP contribution < -0.4 is 0 Å². The van der Waals surface area contributed by atoms with Crippen LogP contribution in [0.1, 0.15) is 115 Å². The molecule has 4 heteroatoms. The Balaban J connectivity index is 0.00000274. The zero-order chi connectivity index (χ0) is 26.0. The Morgan fingerprint density at radius 2 is 1.03 bits per heavy atom. The van der Waals surface area contributed by atoms with E-state index in [0.717, 1.165) is 22.8 Å². The first-order chi connectivity index (χ1) is 15.9. The van der Waals surface area contributed by atoms with Crippen molar-refractivity contribution in [2.24, 2.45) is 4.99 Å². The van der Waals surface area contributed by atoms with Crippen molar-refractivity contribution in [2.75, 3.05) is 14.1 Å². The van der Waals surface area contributed by atoms with Gasteiger partial charge in [0.2, 0.25) is 0 Å². The molecule has 0 bridgehead atoms. The van der Waals surface area contributed by atoms with E-state index in [1.165, 1.54) is 22.3 Å². The van der Waals surface area contributed by atoms with Gasteiger partial charge in [-0.15, -0.1) is 5.69 Å². The maximum atomic E-state index is 5.08. The number of benzene rings is 2. The number of rotatable bonds is 8. The van der Waals surface area contributed by atoms with Crippen LogP contribution in [0.5, 0.6) is 0 Å². The molecular weight excluding hydrogens is 480 g/mol. The summed E-state index contributed by atoms with van der Waals surface area (Å²) < 4.78 is 0. The first kappa shape index (κ1) is 33.2. The Labute approximate surface area is 229 Å². The minimum atomic E-state index is 0. The number of allylic oxidation sites excluding steroid dienone is 2. The molecule has 0 heterocycles. The Morgan fingerprint density at radius 1 is 0.686 bits per heavy atom. The van der Waals surface area contributed by atoms with E-state index >= 15 is 0 Å². The average Bonchev–Trinajstić information content (AvgIpc) is 2.73. The molecule has 35 heavy (non-hydrogen) atoms. The van der Waals surface area contributed by atoms with Gasteiger partial charge in [0, 0.05) is 5.71 Å². The summed E-state index contributed by atoms with van der Waals surface area (Å²) in [6.07, 6.45) is 2.11. The van der Waals surface area contributed by atoms with E-state index in [1.54, 1.807) is 14.1 Å². The van der Waals surface area contributed by atoms with Crippen LogP contribution >= 0.6 is 0 Å².